The van der Waals surface area contributed by atoms with Crippen LogP contribution >= 0.6 is 7.44 Å². The monoisotopic (exact) mass is 340 g/mol. The molecule has 0 radical (unpaired) electrons. The summed E-state index contributed by atoms with van der Waals surface area (Å²) in [7, 11) is -2.88. The molecule has 1 fully saturated rings. The van der Waals surface area contributed by atoms with Gasteiger partial charge in [0.15, 0.2) is 0 Å². The van der Waals surface area contributed by atoms with Gasteiger partial charge in [0.25, 0.3) is 7.44 Å². The molecule has 1 saturated heterocycles. The summed E-state index contributed by atoms with van der Waals surface area (Å²) in [6, 6.07) is 16.5. The van der Waals surface area contributed by atoms with Crippen molar-refractivity contribution < 1.29 is 4.57 Å². The highest BCUT2D eigenvalue weighted by Gasteiger charge is 2.44. The molecule has 2 aromatic carbocycles. The second-order valence-corrected chi connectivity index (χ2v) is 9.07. The largest absolute Gasteiger partial charge is 0.302 e. The van der Waals surface area contributed by atoms with Crippen LogP contribution in [0.3, 0.4) is 0 Å². The maximum absolute atomic E-state index is 14.1. The second kappa shape index (κ2) is 6.49. The van der Waals surface area contributed by atoms with Crippen LogP contribution in [0.1, 0.15) is 24.5 Å². The van der Waals surface area contributed by atoms with Crippen molar-refractivity contribution in [2.45, 2.75) is 27.2 Å². The van der Waals surface area contributed by atoms with E-state index in [-0.39, 0.29) is 0 Å². The number of hydrogen-bond acceptors (Lipinski definition) is 1. The van der Waals surface area contributed by atoms with E-state index in [0.717, 1.165) is 29.8 Å². The first-order valence-electron chi connectivity index (χ1n) is 8.44. The average Bonchev–Trinajstić information content (AvgIpc) is 2.94. The minimum Gasteiger partial charge on any atom is -0.302 e. The van der Waals surface area contributed by atoms with E-state index in [1.807, 2.05) is 6.92 Å². The van der Waals surface area contributed by atoms with E-state index in [2.05, 4.69) is 78.3 Å². The molecule has 0 amide bonds. The summed E-state index contributed by atoms with van der Waals surface area (Å²) in [5.41, 5.74) is 4.43. The molecule has 2 aromatic rings. The van der Waals surface area contributed by atoms with E-state index < -0.39 is 7.44 Å². The lowest BCUT2D eigenvalue weighted by molar-refractivity contribution is 0.578. The molecule has 0 saturated carbocycles. The van der Waals surface area contributed by atoms with Gasteiger partial charge in [-0.1, -0.05) is 48.9 Å². The molecule has 1 aliphatic heterocycles. The lowest BCUT2D eigenvalue weighted by Crippen LogP contribution is -2.19. The Bertz CT molecular complexity index is 723. The van der Waals surface area contributed by atoms with Crippen molar-refractivity contribution in [2.24, 2.45) is 0 Å². The Balaban J connectivity index is 2.05. The van der Waals surface area contributed by atoms with Crippen molar-refractivity contribution in [1.29, 1.82) is 0 Å². The van der Waals surface area contributed by atoms with E-state index in [1.165, 1.54) is 11.1 Å². The molecule has 3 rings (SSSR count). The zero-order valence-electron chi connectivity index (χ0n) is 14.7. The van der Waals surface area contributed by atoms with Gasteiger partial charge in [-0.05, 0) is 44.5 Å². The summed E-state index contributed by atoms with van der Waals surface area (Å²) >= 11 is 0. The molecule has 1 aliphatic rings. The highest BCUT2D eigenvalue weighted by atomic mass is 31.2. The van der Waals surface area contributed by atoms with Crippen LogP contribution in [0.5, 0.6) is 0 Å². The van der Waals surface area contributed by atoms with Gasteiger partial charge < -0.3 is 9.34 Å². The minimum atomic E-state index is -2.88. The van der Waals surface area contributed by atoms with Crippen molar-refractivity contribution in [3.63, 3.8) is 0 Å². The number of aryl methyl sites for hydroxylation is 2. The lowest BCUT2D eigenvalue weighted by atomic mass is 10.2. The Morgan fingerprint density at radius 3 is 1.62 bits per heavy atom. The molecule has 0 N–H and O–H groups in total. The fourth-order valence-corrected chi connectivity index (χ4v) is 6.11. The summed E-state index contributed by atoms with van der Waals surface area (Å²) in [5, 5.41) is 0.807. The summed E-state index contributed by atoms with van der Waals surface area (Å²) in [6.45, 7) is 11.8. The summed E-state index contributed by atoms with van der Waals surface area (Å²) in [4.78, 5) is 0. The Morgan fingerprint density at radius 1 is 0.917 bits per heavy atom. The SMILES string of the molecule is C=C(CC)P1(=O)N(c2ccc(C)cc2)CCN1c1ccc(C)cc1. The van der Waals surface area contributed by atoms with E-state index in [4.69, 9.17) is 0 Å². The van der Waals surface area contributed by atoms with Crippen LogP contribution in [0.25, 0.3) is 0 Å². The fourth-order valence-electron chi connectivity index (χ4n) is 3.14. The Labute approximate surface area is 145 Å². The zero-order chi connectivity index (χ0) is 17.3. The van der Waals surface area contributed by atoms with Gasteiger partial charge in [0.2, 0.25) is 0 Å². The lowest BCUT2D eigenvalue weighted by Gasteiger charge is -2.33. The number of benzene rings is 2. The molecule has 0 atom stereocenters. The third-order valence-electron chi connectivity index (χ3n) is 4.66. The highest BCUT2D eigenvalue weighted by Crippen LogP contribution is 2.65. The van der Waals surface area contributed by atoms with Crippen LogP contribution in [0.2, 0.25) is 0 Å². The quantitative estimate of drug-likeness (QED) is 0.662. The maximum Gasteiger partial charge on any atom is 0.288 e. The van der Waals surface area contributed by atoms with Crippen molar-refractivity contribution in [1.82, 2.24) is 0 Å². The number of nitrogens with zero attached hydrogens (tertiary/aromatic N) is 2. The van der Waals surface area contributed by atoms with Gasteiger partial charge >= 0.3 is 0 Å². The van der Waals surface area contributed by atoms with E-state index in [0.29, 0.717) is 6.42 Å². The summed E-state index contributed by atoms with van der Waals surface area (Å²) in [5.74, 6) is 0. The molecular weight excluding hydrogens is 315 g/mol. The zero-order valence-corrected chi connectivity index (χ0v) is 15.6. The number of hydrogen-bond donors (Lipinski definition) is 0. The fraction of sp³-hybridized carbons (Fsp3) is 0.300. The van der Waals surface area contributed by atoms with Crippen molar-refractivity contribution >= 4 is 18.8 Å². The van der Waals surface area contributed by atoms with Gasteiger partial charge in [0, 0.05) is 29.8 Å². The second-order valence-electron chi connectivity index (χ2n) is 6.38. The van der Waals surface area contributed by atoms with Gasteiger partial charge in [-0.25, -0.2) is 0 Å². The molecule has 3 nitrogen and oxygen atoms in total. The van der Waals surface area contributed by atoms with Gasteiger partial charge in [-0.15, -0.1) is 0 Å². The first-order valence-corrected chi connectivity index (χ1v) is 10.1. The molecule has 0 aliphatic carbocycles. The van der Waals surface area contributed by atoms with Gasteiger partial charge in [0.05, 0.1) is 0 Å². The van der Waals surface area contributed by atoms with Gasteiger partial charge in [-0.2, -0.15) is 0 Å². The molecule has 4 heteroatoms. The predicted molar refractivity (Wildman–Crippen MR) is 104 cm³/mol. The third kappa shape index (κ3) is 2.78. The normalized spacial score (nSPS) is 16.5. The maximum atomic E-state index is 14.1. The van der Waals surface area contributed by atoms with E-state index >= 15 is 0 Å². The van der Waals surface area contributed by atoms with Crippen LogP contribution in [0.15, 0.2) is 60.4 Å². The molecule has 0 bridgehead atoms. The summed E-state index contributed by atoms with van der Waals surface area (Å²) < 4.78 is 18.2. The number of anilines is 2. The number of rotatable bonds is 4. The van der Waals surface area contributed by atoms with Gasteiger partial charge in [0.1, 0.15) is 0 Å². The minimum absolute atomic E-state index is 0.710. The van der Waals surface area contributed by atoms with Crippen LogP contribution in [-0.2, 0) is 4.57 Å². The Hall–Kier alpha value is -1.99. The van der Waals surface area contributed by atoms with Crippen LogP contribution < -0.4 is 9.34 Å². The number of allylic oxidation sites excluding steroid dienone is 1. The summed E-state index contributed by atoms with van der Waals surface area (Å²) in [6.07, 6.45) is 0.710. The predicted octanol–water partition coefficient (Wildman–Crippen LogP) is 5.75. The molecule has 0 unspecified atom stereocenters. The van der Waals surface area contributed by atoms with Crippen molar-refractivity contribution in [3.05, 3.63) is 71.6 Å². The van der Waals surface area contributed by atoms with Crippen molar-refractivity contribution in [3.8, 4) is 0 Å². The first kappa shape index (κ1) is 16.9. The Kier molecular flexibility index (Phi) is 4.56. The van der Waals surface area contributed by atoms with E-state index in [1.54, 1.807) is 0 Å². The molecule has 24 heavy (non-hydrogen) atoms. The Morgan fingerprint density at radius 2 is 1.29 bits per heavy atom. The van der Waals surface area contributed by atoms with E-state index in [9.17, 15) is 4.57 Å². The molecule has 0 spiro atoms. The smallest absolute Gasteiger partial charge is 0.288 e. The standard InChI is InChI=1S/C20H25N2OP/c1-5-18(4)24(23)21(19-10-6-16(2)7-11-19)14-15-22(24)20-12-8-17(3)9-13-20/h6-13H,4-5,14-15H2,1-3H3. The van der Waals surface area contributed by atoms with Crippen molar-refractivity contribution in [2.75, 3.05) is 22.4 Å². The molecule has 126 valence electrons. The molecule has 1 heterocycles. The molecule has 0 aromatic heterocycles. The van der Waals surface area contributed by atoms with Gasteiger partial charge in [-0.3, -0.25) is 4.57 Å². The van der Waals surface area contributed by atoms with Crippen LogP contribution in [0, 0.1) is 13.8 Å². The highest BCUT2D eigenvalue weighted by molar-refractivity contribution is 7.71. The third-order valence-corrected chi connectivity index (χ3v) is 7.97. The average molecular weight is 340 g/mol. The topological polar surface area (TPSA) is 23.6 Å². The molecular formula is C20H25N2OP. The van der Waals surface area contributed by atoms with Crippen LogP contribution in [-0.4, -0.2) is 13.1 Å². The van der Waals surface area contributed by atoms with Crippen LogP contribution in [0.4, 0.5) is 11.4 Å². The first-order chi connectivity index (χ1) is 11.5.